The summed E-state index contributed by atoms with van der Waals surface area (Å²) in [5, 5.41) is 40.6. The van der Waals surface area contributed by atoms with Crippen LogP contribution in [0.3, 0.4) is 0 Å². The summed E-state index contributed by atoms with van der Waals surface area (Å²) in [6, 6.07) is 4.00. The lowest BCUT2D eigenvalue weighted by molar-refractivity contribution is -0.166. The number of nitrogens with zero attached hydrogens (tertiary/aromatic N) is 9. The summed E-state index contributed by atoms with van der Waals surface area (Å²) in [4.78, 5) is 133. The highest BCUT2D eigenvalue weighted by molar-refractivity contribution is 7.60. The van der Waals surface area contributed by atoms with Gasteiger partial charge < -0.3 is 88.4 Å². The van der Waals surface area contributed by atoms with Crippen LogP contribution in [0.5, 0.6) is 0 Å². The number of aliphatic hydroxyl groups excluding tert-OH is 4. The quantitative estimate of drug-likeness (QED) is 0.00780. The van der Waals surface area contributed by atoms with E-state index in [0.717, 1.165) is 19.9 Å². The number of anilines is 3. The van der Waals surface area contributed by atoms with Gasteiger partial charge in [0.1, 0.15) is 52.6 Å². The van der Waals surface area contributed by atoms with Gasteiger partial charge in [-0.05, 0) is 162 Å². The van der Waals surface area contributed by atoms with Crippen LogP contribution in [0, 0.1) is 32.5 Å². The molecule has 0 saturated carbocycles. The first kappa shape index (κ1) is 127. The van der Waals surface area contributed by atoms with E-state index in [-0.39, 0.29) is 60.6 Å². The lowest BCUT2D eigenvalue weighted by Gasteiger charge is -2.30. The first-order valence-corrected chi connectivity index (χ1v) is 47.3. The number of aromatic nitrogens is 6. The molecule has 0 aromatic carbocycles. The number of hydrogen-bond donors (Lipinski definition) is 6. The summed E-state index contributed by atoms with van der Waals surface area (Å²) in [6.07, 6.45) is -13.3. The summed E-state index contributed by atoms with van der Waals surface area (Å²) in [7, 11) is -11.0. The largest absolute Gasteiger partial charge is 0.480 e. The third kappa shape index (κ3) is 41.4. The highest BCUT2D eigenvalue weighted by atomic mass is 35.5. The normalized spacial score (nSPS) is 22.0. The van der Waals surface area contributed by atoms with E-state index >= 15 is 8.78 Å². The van der Waals surface area contributed by atoms with Crippen LogP contribution in [0.15, 0.2) is 51.2 Å². The molecule has 3 aliphatic rings. The summed E-state index contributed by atoms with van der Waals surface area (Å²) in [6.45, 7) is 34.5. The molecule has 0 unspecified atom stereocenters. The van der Waals surface area contributed by atoms with E-state index in [1.54, 1.807) is 145 Å². The molecule has 3 fully saturated rings. The van der Waals surface area contributed by atoms with Crippen LogP contribution in [-0.2, 0) is 126 Å². The van der Waals surface area contributed by atoms with E-state index in [4.69, 9.17) is 104 Å². The van der Waals surface area contributed by atoms with Gasteiger partial charge in [-0.3, -0.25) is 56.1 Å². The van der Waals surface area contributed by atoms with Gasteiger partial charge in [0.2, 0.25) is 47.8 Å². The number of phosphoric ester groups is 3. The highest BCUT2D eigenvalue weighted by Gasteiger charge is 2.60. The zero-order valence-electron chi connectivity index (χ0n) is 80.9. The minimum atomic E-state index is -4.74. The minimum Gasteiger partial charge on any atom is -0.437 e. The number of ether oxygens (including phenoxy) is 9. The molecule has 0 amide bonds. The number of esters is 6. The fraction of sp³-hybridized carbons (Fsp3) is 0.772. The second kappa shape index (κ2) is 57.0. The SMILES string of the molecule is C.C.CC(C)(C)C(=O)OCOP(=O)(O)OCOC(=O)C(C)(C)C.CC(C)(C)C(=O)OCOP(=O)(OCOC(=O)C(C)(C)C)OC[C@@]1(CCl)O[C@@H](n2ccc(N)nc2=O)[C@H](F)[C@@H]1O.CCN(CC)CC.C[B]P=O.[3H]CN(C)c1ccn([C@@H]2O[C@@](CO)(CCl)[C@@H](O)[C@H]2F)c(=O)n1.[3H]CN(C)c1ccn([C@@H]2O[C@](CCl)(COP(=O)(OCOC(=O)C(C)(C)C)OCOC(=O)C(C)(C)C)[C@@H](O)[C@H]2F)c(=O)n1. The zero-order chi connectivity index (χ0) is 104. The Morgan fingerprint density at radius 3 is 0.926 bits per heavy atom. The van der Waals surface area contributed by atoms with Crippen LogP contribution in [-0.4, -0.2) is 281 Å². The van der Waals surface area contributed by atoms with Gasteiger partial charge in [-0.15, -0.1) is 34.8 Å². The lowest BCUT2D eigenvalue weighted by atomic mass is 9.98. The Morgan fingerprint density at radius 1 is 0.489 bits per heavy atom. The Morgan fingerprint density at radius 2 is 0.726 bits per heavy atom. The Balaban J connectivity index is 0. The molecule has 779 valence electrons. The molecule has 0 bridgehead atoms. The maximum atomic E-state index is 15.3. The van der Waals surface area contributed by atoms with E-state index in [2.05, 4.69) is 59.1 Å². The van der Waals surface area contributed by atoms with Crippen molar-refractivity contribution in [3.8, 4) is 0 Å². The minimum absolute atomic E-state index is 0. The Labute approximate surface area is 805 Å². The Kier molecular flexibility index (Phi) is 53.5. The molecule has 3 aromatic heterocycles. The molecule has 0 aliphatic carbocycles. The van der Waals surface area contributed by atoms with Crippen molar-refractivity contribution in [3.63, 3.8) is 0 Å². The molecule has 1 radical (unpaired) electrons. The number of nitrogens with two attached hydrogens (primary N) is 1. The van der Waals surface area contributed by atoms with Crippen molar-refractivity contribution in [2.45, 2.75) is 239 Å². The van der Waals surface area contributed by atoms with Gasteiger partial charge in [0.05, 0.1) is 78.3 Å². The third-order valence-electron chi connectivity index (χ3n) is 17.9. The van der Waals surface area contributed by atoms with Crippen LogP contribution in [0.1, 0.15) is 182 Å². The second-order valence-corrected chi connectivity index (χ2v) is 41.6. The van der Waals surface area contributed by atoms with E-state index in [1.807, 2.05) is 0 Å². The number of aliphatic hydroxyl groups is 4. The van der Waals surface area contributed by atoms with E-state index in [1.165, 1.54) is 67.1 Å². The molecule has 135 heavy (non-hydrogen) atoms. The summed E-state index contributed by atoms with van der Waals surface area (Å²) in [5.74, 6) is -5.25. The second-order valence-electron chi connectivity index (χ2n) is 35.3. The van der Waals surface area contributed by atoms with Gasteiger partial charge in [-0.2, -0.15) is 15.0 Å². The maximum absolute atomic E-state index is 15.3. The van der Waals surface area contributed by atoms with Crippen LogP contribution < -0.4 is 32.6 Å². The summed E-state index contributed by atoms with van der Waals surface area (Å²) >= 11 is 17.7. The smallest absolute Gasteiger partial charge is 0.437 e. The standard InChI is InChI=1S/C24H38ClFN3O11P.C22H34ClFN3O11P.C12H17ClFN3O4.C12H23O8P.C6H15N.CH3BOP.2CH4/c1-22(2,3)19(31)35-13-38-41(34,39-14-36-20(32)23(4,5)6)37-12-24(11-25)17(30)16(26)18(40-24)29-10-9-15(28(7)8)27-21(29)33;1-20(2,3)17(29)33-11-36-39(32,37-12-34-18(30)21(4,5)6)35-10-22(9-23)15(28)14(24)16(38-22)27-8-7-13(25)26-19(27)31;1-16(2)7-3-4-17(11(20)15-7)10-8(14)9(19)12(5-13,6-18)21-10;1-11(2,3)9(13)17-7-19-21(15,16)20-8-18-10(14)12(4,5)6;1-4-7(5-2)6-3;1-2-4-3;;/h9-10,16-18,30H,11-14H2,1-8H3;7-8,14-16,28H,9-12H2,1-6H3,(H2,25,26,31);3-4,8-10,18-19H,5-6H2,1-2H3;7-8H2,1-6H3,(H,15,16);4-6H2,1-3H3;1H3;2*1H4/t16-,17+,18-,24-;14-,15+,16-,22-;8-,9+,10-,12-;;;;;/m111...../s1/i7T;;1T;;;;;. The molecule has 6 rings (SSSR count). The average molecular weight is 2090 g/mol. The van der Waals surface area contributed by atoms with Gasteiger partial charge in [0.15, 0.2) is 37.2 Å². The molecule has 56 heteroatoms. The molecule has 12 atom stereocenters. The number of alkyl halides is 6. The molecule has 7 N–H and O–H groups in total. The van der Waals surface area contributed by atoms with Crippen molar-refractivity contribution in [2.24, 2.45) is 32.5 Å². The molecular formula is C79H138BCl3F3N10O35P4. The molecule has 6 heterocycles. The van der Waals surface area contributed by atoms with Gasteiger partial charge in [0.25, 0.3) is 0 Å². The zero-order valence-corrected chi connectivity index (χ0v) is 84.7. The monoisotopic (exact) mass is 2090 g/mol. The van der Waals surface area contributed by atoms with Crippen molar-refractivity contribution in [2.75, 3.05) is 142 Å². The fourth-order valence-corrected chi connectivity index (χ4v) is 12.9. The predicted molar refractivity (Wildman–Crippen MR) is 491 cm³/mol. The van der Waals surface area contributed by atoms with Crippen molar-refractivity contribution >= 4 is 127 Å². The van der Waals surface area contributed by atoms with Gasteiger partial charge in [-0.1, -0.05) is 42.4 Å². The van der Waals surface area contributed by atoms with Crippen LogP contribution >= 0.6 is 66.6 Å². The molecule has 3 aliphatic heterocycles. The molecular weight excluding hydrogens is 1950 g/mol. The van der Waals surface area contributed by atoms with Crippen molar-refractivity contribution in [1.82, 2.24) is 33.6 Å². The fourth-order valence-electron chi connectivity index (χ4n) is 9.63. The molecule has 3 saturated heterocycles. The van der Waals surface area contributed by atoms with Gasteiger partial charge in [0, 0.05) is 49.5 Å². The van der Waals surface area contributed by atoms with Crippen molar-refractivity contribution in [1.29, 1.82) is 0 Å². The van der Waals surface area contributed by atoms with Crippen molar-refractivity contribution < 1.29 is 167 Å². The van der Waals surface area contributed by atoms with Crippen LogP contribution in [0.2, 0.25) is 6.82 Å². The average Bonchev–Trinajstić information content (AvgIpc) is 1.62. The van der Waals surface area contributed by atoms with Crippen LogP contribution in [0.4, 0.5) is 30.6 Å². The van der Waals surface area contributed by atoms with E-state index in [0.29, 0.717) is 0 Å². The highest BCUT2D eigenvalue weighted by Crippen LogP contribution is 2.54. The summed E-state index contributed by atoms with van der Waals surface area (Å²) < 4.78 is 194. The third-order valence-corrected chi connectivity index (χ3v) is 22.9. The maximum Gasteiger partial charge on any atom is 0.480 e. The first-order valence-electron chi connectivity index (χ1n) is 41.9. The lowest BCUT2D eigenvalue weighted by Crippen LogP contribution is -2.47. The first-order chi connectivity index (χ1) is 62.1. The number of halogens is 6. The molecule has 3 aromatic rings. The number of nitrogen functional groups attached to an aromatic ring is 1. The van der Waals surface area contributed by atoms with Gasteiger partial charge in [-0.25, -0.2) is 68.4 Å². The van der Waals surface area contributed by atoms with E-state index in [9.17, 15) is 91.1 Å². The molecule has 0 spiro atoms. The Bertz CT molecular complexity index is 4500. The number of phosphoric acid groups is 3. The predicted octanol–water partition coefficient (Wildman–Crippen LogP) is 10.3. The Hall–Kier alpha value is -6.31. The van der Waals surface area contributed by atoms with Gasteiger partial charge >= 0.3 is 76.4 Å². The summed E-state index contributed by atoms with van der Waals surface area (Å²) in [5.41, 5.74) is -8.21. The van der Waals surface area contributed by atoms with Crippen molar-refractivity contribution in [3.05, 3.63) is 68.2 Å². The van der Waals surface area contributed by atoms with Crippen LogP contribution in [0.25, 0.3) is 0 Å². The number of hydrogen-bond acceptors (Lipinski definition) is 41. The number of carbonyl (C=O) groups is 6. The number of carbonyl (C=O) groups excluding carboxylic acids is 6. The molecule has 45 nitrogen and oxygen atoms in total. The number of rotatable bonds is 37. The van der Waals surface area contributed by atoms with E-state index < -0.39 is 253 Å². The topological polar surface area (TPSA) is 569 Å².